The Morgan fingerprint density at radius 3 is 2.62 bits per heavy atom. The lowest BCUT2D eigenvalue weighted by Gasteiger charge is -2.09. The molecular weight excluding hydrogens is 249 g/mol. The number of methoxy groups -OCH3 is 2. The average Bonchev–Trinajstić information content (AvgIpc) is 2.30. The van der Waals surface area contributed by atoms with Gasteiger partial charge in [0.2, 0.25) is 0 Å². The molecule has 1 aromatic carbocycles. The third-order valence-electron chi connectivity index (χ3n) is 1.99. The maximum Gasteiger partial charge on any atom is 0.176 e. The maximum absolute atomic E-state index is 5.99. The molecule has 0 aliphatic rings. The van der Waals surface area contributed by atoms with Gasteiger partial charge in [-0.2, -0.15) is 0 Å². The second kappa shape index (κ2) is 6.86. The minimum absolute atomic E-state index is 0.339. The van der Waals surface area contributed by atoms with Crippen LogP contribution in [-0.4, -0.2) is 33.3 Å². The molecule has 16 heavy (non-hydrogen) atoms. The number of halogens is 2. The van der Waals surface area contributed by atoms with E-state index in [1.54, 1.807) is 26.5 Å². The molecule has 0 aliphatic carbocycles. The summed E-state index contributed by atoms with van der Waals surface area (Å²) in [6.45, 7) is 0.413. The second-order valence-corrected chi connectivity index (χ2v) is 3.82. The third kappa shape index (κ3) is 3.76. The number of hydrogen-bond acceptors (Lipinski definition) is 3. The van der Waals surface area contributed by atoms with Crippen LogP contribution in [0.1, 0.15) is 5.56 Å². The van der Waals surface area contributed by atoms with Gasteiger partial charge in [0.1, 0.15) is 0 Å². The number of ether oxygens (including phenoxy) is 2. The molecule has 0 unspecified atom stereocenters. The summed E-state index contributed by atoms with van der Waals surface area (Å²) in [7, 11) is 3.13. The van der Waals surface area contributed by atoms with Gasteiger partial charge in [-0.3, -0.25) is 4.99 Å². The number of hydrogen-bond donors (Lipinski definition) is 0. The van der Waals surface area contributed by atoms with Crippen LogP contribution in [0.15, 0.2) is 23.2 Å². The van der Waals surface area contributed by atoms with Gasteiger partial charge < -0.3 is 9.47 Å². The van der Waals surface area contributed by atoms with Gasteiger partial charge in [0.15, 0.2) is 6.29 Å². The van der Waals surface area contributed by atoms with Gasteiger partial charge in [0.05, 0.1) is 16.6 Å². The molecule has 5 heteroatoms. The molecule has 0 radical (unpaired) electrons. The topological polar surface area (TPSA) is 30.8 Å². The highest BCUT2D eigenvalue weighted by Gasteiger charge is 2.03. The summed E-state index contributed by atoms with van der Waals surface area (Å²) in [6.07, 6.45) is 1.31. The molecule has 0 bridgehead atoms. The zero-order valence-corrected chi connectivity index (χ0v) is 10.6. The van der Waals surface area contributed by atoms with Crippen LogP contribution in [0.5, 0.6) is 0 Å². The standard InChI is InChI=1S/C11H13Cl2NO2/c1-15-10(16-2)7-14-6-8-4-3-5-9(12)11(8)13/h3-6,10H,7H2,1-2H3/b14-6+. The van der Waals surface area contributed by atoms with Crippen molar-refractivity contribution in [2.24, 2.45) is 4.99 Å². The average molecular weight is 262 g/mol. The Balaban J connectivity index is 2.66. The molecule has 0 spiro atoms. The Kier molecular flexibility index (Phi) is 5.77. The quantitative estimate of drug-likeness (QED) is 0.603. The van der Waals surface area contributed by atoms with Crippen molar-refractivity contribution in [2.45, 2.75) is 6.29 Å². The van der Waals surface area contributed by atoms with E-state index in [4.69, 9.17) is 32.7 Å². The third-order valence-corrected chi connectivity index (χ3v) is 2.83. The lowest BCUT2D eigenvalue weighted by atomic mass is 10.2. The van der Waals surface area contributed by atoms with E-state index in [0.717, 1.165) is 5.56 Å². The van der Waals surface area contributed by atoms with Crippen molar-refractivity contribution in [2.75, 3.05) is 20.8 Å². The monoisotopic (exact) mass is 261 g/mol. The van der Waals surface area contributed by atoms with E-state index in [0.29, 0.717) is 16.6 Å². The maximum atomic E-state index is 5.99. The Bertz CT molecular complexity index is 365. The molecule has 0 amide bonds. The van der Waals surface area contributed by atoms with Gasteiger partial charge in [0, 0.05) is 26.0 Å². The van der Waals surface area contributed by atoms with Crippen LogP contribution in [0, 0.1) is 0 Å². The highest BCUT2D eigenvalue weighted by Crippen LogP contribution is 2.24. The number of nitrogens with zero attached hydrogens (tertiary/aromatic N) is 1. The summed E-state index contributed by atoms with van der Waals surface area (Å²) in [6, 6.07) is 5.39. The van der Waals surface area contributed by atoms with Crippen molar-refractivity contribution in [3.05, 3.63) is 33.8 Å². The summed E-state index contributed by atoms with van der Waals surface area (Å²) in [5, 5.41) is 1.01. The summed E-state index contributed by atoms with van der Waals surface area (Å²) in [4.78, 5) is 4.17. The normalized spacial score (nSPS) is 11.6. The lowest BCUT2D eigenvalue weighted by Crippen LogP contribution is -2.16. The molecule has 3 nitrogen and oxygen atoms in total. The van der Waals surface area contributed by atoms with E-state index < -0.39 is 0 Å². The fourth-order valence-electron chi connectivity index (χ4n) is 1.10. The van der Waals surface area contributed by atoms with Crippen molar-refractivity contribution in [1.29, 1.82) is 0 Å². The van der Waals surface area contributed by atoms with Gasteiger partial charge in [-0.25, -0.2) is 0 Å². The predicted octanol–water partition coefficient (Wildman–Crippen LogP) is 3.03. The number of rotatable bonds is 5. The number of aliphatic imine (C=N–C) groups is 1. The van der Waals surface area contributed by atoms with Crippen LogP contribution >= 0.6 is 23.2 Å². The van der Waals surface area contributed by atoms with Crippen LogP contribution < -0.4 is 0 Å². The largest absolute Gasteiger partial charge is 0.354 e. The van der Waals surface area contributed by atoms with Gasteiger partial charge in [-0.15, -0.1) is 0 Å². The molecule has 0 heterocycles. The van der Waals surface area contributed by atoms with E-state index in [1.807, 2.05) is 12.1 Å². The van der Waals surface area contributed by atoms with Crippen LogP contribution in [0.25, 0.3) is 0 Å². The Labute approximate surface area is 105 Å². The van der Waals surface area contributed by atoms with E-state index in [-0.39, 0.29) is 6.29 Å². The van der Waals surface area contributed by atoms with E-state index in [9.17, 15) is 0 Å². The molecule has 0 fully saturated rings. The fourth-order valence-corrected chi connectivity index (χ4v) is 1.46. The van der Waals surface area contributed by atoms with Crippen molar-refractivity contribution >= 4 is 29.4 Å². The van der Waals surface area contributed by atoms with Crippen LogP contribution in [-0.2, 0) is 9.47 Å². The summed E-state index contributed by atoms with van der Waals surface area (Å²) in [5.74, 6) is 0. The minimum Gasteiger partial charge on any atom is -0.354 e. The zero-order valence-electron chi connectivity index (χ0n) is 9.11. The first-order valence-electron chi connectivity index (χ1n) is 4.68. The summed E-state index contributed by atoms with van der Waals surface area (Å²) >= 11 is 11.9. The molecule has 0 saturated heterocycles. The van der Waals surface area contributed by atoms with E-state index >= 15 is 0 Å². The molecular formula is C11H13Cl2NO2. The first kappa shape index (κ1) is 13.5. The van der Waals surface area contributed by atoms with Crippen LogP contribution in [0.3, 0.4) is 0 Å². The first-order valence-corrected chi connectivity index (χ1v) is 5.44. The number of benzene rings is 1. The molecule has 0 aromatic heterocycles. The van der Waals surface area contributed by atoms with Gasteiger partial charge in [0.25, 0.3) is 0 Å². The highest BCUT2D eigenvalue weighted by atomic mass is 35.5. The summed E-state index contributed by atoms with van der Waals surface area (Å²) in [5.41, 5.74) is 0.778. The minimum atomic E-state index is -0.339. The van der Waals surface area contributed by atoms with Crippen molar-refractivity contribution in [3.8, 4) is 0 Å². The Morgan fingerprint density at radius 1 is 1.31 bits per heavy atom. The molecule has 0 saturated carbocycles. The van der Waals surface area contributed by atoms with Crippen molar-refractivity contribution in [3.63, 3.8) is 0 Å². The van der Waals surface area contributed by atoms with Crippen LogP contribution in [0.4, 0.5) is 0 Å². The highest BCUT2D eigenvalue weighted by molar-refractivity contribution is 6.43. The summed E-state index contributed by atoms with van der Waals surface area (Å²) < 4.78 is 9.99. The van der Waals surface area contributed by atoms with Crippen LogP contribution in [0.2, 0.25) is 10.0 Å². The zero-order chi connectivity index (χ0) is 12.0. The Hall–Kier alpha value is -0.610. The lowest BCUT2D eigenvalue weighted by molar-refractivity contribution is -0.0936. The van der Waals surface area contributed by atoms with E-state index in [2.05, 4.69) is 4.99 Å². The van der Waals surface area contributed by atoms with Gasteiger partial charge >= 0.3 is 0 Å². The van der Waals surface area contributed by atoms with Gasteiger partial charge in [-0.1, -0.05) is 35.3 Å². The Morgan fingerprint density at radius 2 is 2.00 bits per heavy atom. The molecule has 0 N–H and O–H groups in total. The molecule has 88 valence electrons. The predicted molar refractivity (Wildman–Crippen MR) is 66.7 cm³/mol. The van der Waals surface area contributed by atoms with Crippen molar-refractivity contribution in [1.82, 2.24) is 0 Å². The SMILES string of the molecule is COC(C/N=C/c1cccc(Cl)c1Cl)OC. The molecule has 0 aliphatic heterocycles. The molecule has 1 rings (SSSR count). The van der Waals surface area contributed by atoms with Crippen molar-refractivity contribution < 1.29 is 9.47 Å². The first-order chi connectivity index (χ1) is 7.69. The second-order valence-electron chi connectivity index (χ2n) is 3.04. The van der Waals surface area contributed by atoms with E-state index in [1.165, 1.54) is 0 Å². The molecule has 1 aromatic rings. The fraction of sp³-hybridized carbons (Fsp3) is 0.364. The smallest absolute Gasteiger partial charge is 0.176 e. The van der Waals surface area contributed by atoms with Gasteiger partial charge in [-0.05, 0) is 6.07 Å². The molecule has 0 atom stereocenters.